The van der Waals surface area contributed by atoms with E-state index in [0.717, 1.165) is 17.2 Å². The third kappa shape index (κ3) is 2.36. The van der Waals surface area contributed by atoms with Crippen molar-refractivity contribution in [3.63, 3.8) is 0 Å². The number of nitrogens with zero attached hydrogens (tertiary/aromatic N) is 3. The molecule has 88 valence electrons. The average molecular weight is 228 g/mol. The molecule has 4 heteroatoms. The van der Waals surface area contributed by atoms with Crippen molar-refractivity contribution in [3.8, 4) is 0 Å². The van der Waals surface area contributed by atoms with Gasteiger partial charge in [-0.05, 0) is 25.5 Å². The molecule has 4 nitrogen and oxygen atoms in total. The van der Waals surface area contributed by atoms with Crippen molar-refractivity contribution in [1.29, 1.82) is 0 Å². The van der Waals surface area contributed by atoms with Crippen molar-refractivity contribution in [3.05, 3.63) is 41.6 Å². The predicted octanol–water partition coefficient (Wildman–Crippen LogP) is 2.44. The summed E-state index contributed by atoms with van der Waals surface area (Å²) in [5.74, 6) is 1.12. The molecule has 2 rings (SSSR count). The van der Waals surface area contributed by atoms with Crippen molar-refractivity contribution in [2.45, 2.75) is 13.8 Å². The van der Waals surface area contributed by atoms with Crippen LogP contribution in [0.5, 0.6) is 0 Å². The molecule has 0 aliphatic rings. The molecule has 0 unspecified atom stereocenters. The highest BCUT2D eigenvalue weighted by Crippen LogP contribution is 2.25. The summed E-state index contributed by atoms with van der Waals surface area (Å²) < 4.78 is 0. The fraction of sp³-hybridized carbons (Fsp3) is 0.231. The molecule has 0 saturated heterocycles. The number of hydrogen-bond acceptors (Lipinski definition) is 4. The first kappa shape index (κ1) is 11.4. The van der Waals surface area contributed by atoms with Gasteiger partial charge in [-0.15, -0.1) is 0 Å². The zero-order valence-electron chi connectivity index (χ0n) is 10.3. The van der Waals surface area contributed by atoms with E-state index in [2.05, 4.69) is 29.0 Å². The molecule has 0 saturated carbocycles. The number of nitrogens with two attached hydrogens (primary N) is 1. The Balaban J connectivity index is 2.43. The van der Waals surface area contributed by atoms with Gasteiger partial charge in [0.05, 0.1) is 0 Å². The number of aryl methyl sites for hydroxylation is 2. The SMILES string of the molecule is Cc1cc(N(C)c2ccccc2C)nc(N)n1. The molecule has 1 aromatic heterocycles. The molecule has 0 radical (unpaired) electrons. The average Bonchev–Trinajstić information content (AvgIpc) is 2.27. The Bertz CT molecular complexity index is 516. The van der Waals surface area contributed by atoms with E-state index < -0.39 is 0 Å². The molecule has 0 atom stereocenters. The number of anilines is 3. The Morgan fingerprint density at radius 3 is 2.47 bits per heavy atom. The molecular formula is C13H16N4. The standard InChI is InChI=1S/C13H16N4/c1-9-6-4-5-7-11(9)17(3)12-8-10(2)15-13(14)16-12/h4-8H,1-3H3,(H2,14,15,16). The van der Waals surface area contributed by atoms with E-state index in [1.165, 1.54) is 5.56 Å². The molecule has 0 spiro atoms. The van der Waals surface area contributed by atoms with Crippen LogP contribution in [0.3, 0.4) is 0 Å². The number of para-hydroxylation sites is 1. The number of nitrogen functional groups attached to an aromatic ring is 1. The van der Waals surface area contributed by atoms with E-state index in [4.69, 9.17) is 5.73 Å². The van der Waals surface area contributed by atoms with Crippen molar-refractivity contribution in [2.75, 3.05) is 17.7 Å². The monoisotopic (exact) mass is 228 g/mol. The first-order valence-corrected chi connectivity index (χ1v) is 5.48. The van der Waals surface area contributed by atoms with Gasteiger partial charge in [-0.25, -0.2) is 4.98 Å². The van der Waals surface area contributed by atoms with Crippen molar-refractivity contribution >= 4 is 17.5 Å². The molecule has 0 amide bonds. The maximum absolute atomic E-state index is 5.66. The summed E-state index contributed by atoms with van der Waals surface area (Å²) >= 11 is 0. The fourth-order valence-corrected chi connectivity index (χ4v) is 1.81. The Kier molecular flexibility index (Phi) is 2.95. The molecule has 0 aliphatic heterocycles. The van der Waals surface area contributed by atoms with E-state index in [1.54, 1.807) is 0 Å². The highest BCUT2D eigenvalue weighted by molar-refractivity contribution is 5.63. The lowest BCUT2D eigenvalue weighted by Gasteiger charge is -2.20. The summed E-state index contributed by atoms with van der Waals surface area (Å²) in [5, 5.41) is 0. The Hall–Kier alpha value is -2.10. The summed E-state index contributed by atoms with van der Waals surface area (Å²) in [5.41, 5.74) is 8.85. The van der Waals surface area contributed by atoms with Gasteiger partial charge < -0.3 is 10.6 Å². The summed E-state index contributed by atoms with van der Waals surface area (Å²) in [7, 11) is 1.98. The molecule has 1 aromatic carbocycles. The largest absolute Gasteiger partial charge is 0.368 e. The first-order chi connectivity index (χ1) is 8.08. The van der Waals surface area contributed by atoms with Crippen LogP contribution >= 0.6 is 0 Å². The summed E-state index contributed by atoms with van der Waals surface area (Å²) in [6, 6.07) is 10.1. The van der Waals surface area contributed by atoms with E-state index >= 15 is 0 Å². The van der Waals surface area contributed by atoms with Crippen molar-refractivity contribution in [1.82, 2.24) is 9.97 Å². The molecule has 0 fully saturated rings. The Morgan fingerprint density at radius 1 is 1.12 bits per heavy atom. The van der Waals surface area contributed by atoms with Crippen LogP contribution in [0, 0.1) is 13.8 Å². The molecular weight excluding hydrogens is 212 g/mol. The van der Waals surface area contributed by atoms with Gasteiger partial charge >= 0.3 is 0 Å². The molecule has 0 aliphatic carbocycles. The first-order valence-electron chi connectivity index (χ1n) is 5.48. The molecule has 17 heavy (non-hydrogen) atoms. The van der Waals surface area contributed by atoms with E-state index in [0.29, 0.717) is 5.95 Å². The van der Waals surface area contributed by atoms with Crippen LogP contribution in [0.2, 0.25) is 0 Å². The lowest BCUT2D eigenvalue weighted by atomic mass is 10.2. The second kappa shape index (κ2) is 4.41. The van der Waals surface area contributed by atoms with Gasteiger partial charge in [0.15, 0.2) is 0 Å². The summed E-state index contributed by atoms with van der Waals surface area (Å²) in [6.07, 6.45) is 0. The quantitative estimate of drug-likeness (QED) is 0.857. The molecule has 1 heterocycles. The minimum Gasteiger partial charge on any atom is -0.368 e. The summed E-state index contributed by atoms with van der Waals surface area (Å²) in [4.78, 5) is 10.3. The molecule has 2 aromatic rings. The Labute approximate surface area is 101 Å². The van der Waals surface area contributed by atoms with Gasteiger partial charge in [-0.2, -0.15) is 4.98 Å². The van der Waals surface area contributed by atoms with E-state index in [9.17, 15) is 0 Å². The molecule has 2 N–H and O–H groups in total. The van der Waals surface area contributed by atoms with Crippen LogP contribution in [0.1, 0.15) is 11.3 Å². The lowest BCUT2D eigenvalue weighted by molar-refractivity contribution is 1.05. The van der Waals surface area contributed by atoms with Crippen LogP contribution in [0.25, 0.3) is 0 Å². The van der Waals surface area contributed by atoms with Crippen LogP contribution < -0.4 is 10.6 Å². The van der Waals surface area contributed by atoms with Gasteiger partial charge in [0, 0.05) is 24.5 Å². The normalized spacial score (nSPS) is 10.3. The van der Waals surface area contributed by atoms with Gasteiger partial charge in [0.1, 0.15) is 5.82 Å². The summed E-state index contributed by atoms with van der Waals surface area (Å²) in [6.45, 7) is 3.98. The number of aromatic nitrogens is 2. The number of benzene rings is 1. The second-order valence-electron chi connectivity index (χ2n) is 4.07. The smallest absolute Gasteiger partial charge is 0.222 e. The van der Waals surface area contributed by atoms with Crippen LogP contribution in [0.4, 0.5) is 17.5 Å². The third-order valence-electron chi connectivity index (χ3n) is 2.68. The highest BCUT2D eigenvalue weighted by Gasteiger charge is 2.09. The Morgan fingerprint density at radius 2 is 1.82 bits per heavy atom. The fourth-order valence-electron chi connectivity index (χ4n) is 1.81. The zero-order valence-corrected chi connectivity index (χ0v) is 10.3. The lowest BCUT2D eigenvalue weighted by Crippen LogP contribution is -2.14. The number of rotatable bonds is 2. The predicted molar refractivity (Wildman–Crippen MR) is 70.4 cm³/mol. The van der Waals surface area contributed by atoms with Gasteiger partial charge in [-0.3, -0.25) is 0 Å². The topological polar surface area (TPSA) is 55.0 Å². The van der Waals surface area contributed by atoms with Crippen LogP contribution in [-0.2, 0) is 0 Å². The van der Waals surface area contributed by atoms with Gasteiger partial charge in [0.2, 0.25) is 5.95 Å². The third-order valence-corrected chi connectivity index (χ3v) is 2.68. The number of hydrogen-bond donors (Lipinski definition) is 1. The van der Waals surface area contributed by atoms with Crippen LogP contribution in [-0.4, -0.2) is 17.0 Å². The van der Waals surface area contributed by atoms with Gasteiger partial charge in [0.25, 0.3) is 0 Å². The van der Waals surface area contributed by atoms with E-state index in [1.807, 2.05) is 37.1 Å². The second-order valence-corrected chi connectivity index (χ2v) is 4.07. The maximum Gasteiger partial charge on any atom is 0.222 e. The van der Waals surface area contributed by atoms with Crippen LogP contribution in [0.15, 0.2) is 30.3 Å². The van der Waals surface area contributed by atoms with Gasteiger partial charge in [-0.1, -0.05) is 18.2 Å². The maximum atomic E-state index is 5.66. The van der Waals surface area contributed by atoms with E-state index in [-0.39, 0.29) is 0 Å². The highest BCUT2D eigenvalue weighted by atomic mass is 15.2. The minimum atomic E-state index is 0.306. The molecule has 0 bridgehead atoms. The van der Waals surface area contributed by atoms with Crippen molar-refractivity contribution in [2.24, 2.45) is 0 Å². The van der Waals surface area contributed by atoms with Crippen molar-refractivity contribution < 1.29 is 0 Å². The zero-order chi connectivity index (χ0) is 12.4. The minimum absolute atomic E-state index is 0.306.